The van der Waals surface area contributed by atoms with Crippen molar-refractivity contribution in [2.75, 3.05) is 0 Å². The van der Waals surface area contributed by atoms with Crippen LogP contribution in [0.25, 0.3) is 5.57 Å². The number of hydrogen-bond donors (Lipinski definition) is 0. The van der Waals surface area contributed by atoms with Gasteiger partial charge >= 0.3 is 11.9 Å². The highest BCUT2D eigenvalue weighted by atomic mass is 16.6. The number of rotatable bonds is 2. The van der Waals surface area contributed by atoms with Gasteiger partial charge in [0.25, 0.3) is 0 Å². The summed E-state index contributed by atoms with van der Waals surface area (Å²) in [5, 5.41) is 0. The van der Waals surface area contributed by atoms with Crippen LogP contribution >= 0.6 is 0 Å². The van der Waals surface area contributed by atoms with Crippen LogP contribution in [0.15, 0.2) is 24.8 Å². The molecule has 0 aromatic heterocycles. The van der Waals surface area contributed by atoms with E-state index >= 15 is 0 Å². The zero-order valence-electron chi connectivity index (χ0n) is 8.37. The minimum absolute atomic E-state index is 0.340. The fraction of sp³-hybridized carbons (Fsp3) is 0.167. The smallest absolute Gasteiger partial charge is 0.347 e. The molecule has 0 N–H and O–H groups in total. The highest BCUT2D eigenvalue weighted by Gasteiger charge is 2.32. The Labute approximate surface area is 87.4 Å². The molecule has 0 unspecified atom stereocenters. The first kappa shape index (κ1) is 9.65. The van der Waals surface area contributed by atoms with Gasteiger partial charge in [-0.15, -0.1) is 0 Å². The van der Waals surface area contributed by atoms with E-state index in [-0.39, 0.29) is 0 Å². The van der Waals surface area contributed by atoms with E-state index in [4.69, 9.17) is 0 Å². The maximum Gasteiger partial charge on any atom is 0.347 e. The number of fused-ring (bicyclic) bond motifs is 1. The largest absolute Gasteiger partial charge is 0.386 e. The Morgan fingerprint density at radius 1 is 1.33 bits per heavy atom. The fourth-order valence-electron chi connectivity index (χ4n) is 1.62. The first-order valence-corrected chi connectivity index (χ1v) is 4.72. The molecule has 0 radical (unpaired) electrons. The van der Waals surface area contributed by atoms with Crippen molar-refractivity contribution in [3.8, 4) is 0 Å². The van der Waals surface area contributed by atoms with Crippen LogP contribution in [0, 0.1) is 0 Å². The van der Waals surface area contributed by atoms with Crippen molar-refractivity contribution in [2.24, 2.45) is 0 Å². The Balaban J connectivity index is 2.65. The average molecular weight is 202 g/mol. The summed E-state index contributed by atoms with van der Waals surface area (Å²) in [6.07, 6.45) is 0.734. The van der Waals surface area contributed by atoms with Crippen molar-refractivity contribution < 1.29 is 14.3 Å². The van der Waals surface area contributed by atoms with Crippen LogP contribution in [-0.4, -0.2) is 11.9 Å². The predicted molar refractivity (Wildman–Crippen MR) is 55.5 cm³/mol. The molecule has 0 spiro atoms. The van der Waals surface area contributed by atoms with Gasteiger partial charge in [0.05, 0.1) is 11.1 Å². The number of esters is 2. The second-order valence-electron chi connectivity index (χ2n) is 3.36. The molecule has 3 nitrogen and oxygen atoms in total. The fourth-order valence-corrected chi connectivity index (χ4v) is 1.62. The Morgan fingerprint density at radius 3 is 2.73 bits per heavy atom. The topological polar surface area (TPSA) is 43.4 Å². The van der Waals surface area contributed by atoms with E-state index in [1.807, 2.05) is 6.92 Å². The van der Waals surface area contributed by atoms with Crippen LogP contribution in [0.2, 0.25) is 0 Å². The molecule has 15 heavy (non-hydrogen) atoms. The second kappa shape index (κ2) is 3.35. The SMILES string of the molecule is C=C(CC)c1cccc2c1C(=O)OC2=O. The summed E-state index contributed by atoms with van der Waals surface area (Å²) in [7, 11) is 0. The molecule has 0 aliphatic carbocycles. The molecule has 0 fully saturated rings. The molecule has 0 amide bonds. The molecule has 0 atom stereocenters. The maximum atomic E-state index is 11.4. The Kier molecular flexibility index (Phi) is 2.15. The van der Waals surface area contributed by atoms with Crippen molar-refractivity contribution in [1.82, 2.24) is 0 Å². The first-order valence-electron chi connectivity index (χ1n) is 4.72. The highest BCUT2D eigenvalue weighted by molar-refractivity contribution is 6.16. The van der Waals surface area contributed by atoms with Gasteiger partial charge in [-0.25, -0.2) is 9.59 Å². The minimum Gasteiger partial charge on any atom is -0.386 e. The molecule has 1 aliphatic heterocycles. The van der Waals surface area contributed by atoms with Crippen molar-refractivity contribution in [3.63, 3.8) is 0 Å². The number of carbonyl (C=O) groups is 2. The van der Waals surface area contributed by atoms with E-state index < -0.39 is 11.9 Å². The van der Waals surface area contributed by atoms with Crippen LogP contribution in [0.3, 0.4) is 0 Å². The van der Waals surface area contributed by atoms with Crippen LogP contribution < -0.4 is 0 Å². The summed E-state index contributed by atoms with van der Waals surface area (Å²) in [5.74, 6) is -1.14. The number of carbonyl (C=O) groups excluding carboxylic acids is 2. The van der Waals surface area contributed by atoms with Gasteiger partial charge < -0.3 is 4.74 Å². The number of benzene rings is 1. The van der Waals surface area contributed by atoms with E-state index in [1.54, 1.807) is 18.2 Å². The van der Waals surface area contributed by atoms with Gasteiger partial charge in [-0.2, -0.15) is 0 Å². The lowest BCUT2D eigenvalue weighted by Crippen LogP contribution is -1.99. The van der Waals surface area contributed by atoms with Crippen LogP contribution in [0.5, 0.6) is 0 Å². The van der Waals surface area contributed by atoms with Crippen LogP contribution in [0.4, 0.5) is 0 Å². The van der Waals surface area contributed by atoms with E-state index in [0.29, 0.717) is 16.7 Å². The van der Waals surface area contributed by atoms with Crippen molar-refractivity contribution in [1.29, 1.82) is 0 Å². The Bertz CT molecular complexity index is 472. The third-order valence-corrected chi connectivity index (χ3v) is 2.48. The first-order chi connectivity index (χ1) is 7.15. The third-order valence-electron chi connectivity index (χ3n) is 2.48. The van der Waals surface area contributed by atoms with Gasteiger partial charge in [-0.1, -0.05) is 25.6 Å². The molecule has 1 aromatic carbocycles. The Morgan fingerprint density at radius 2 is 2.07 bits per heavy atom. The van der Waals surface area contributed by atoms with E-state index in [0.717, 1.165) is 12.0 Å². The standard InChI is InChI=1S/C12H10O3/c1-3-7(2)8-5-4-6-9-10(8)12(14)15-11(9)13/h4-6H,2-3H2,1H3. The summed E-state index contributed by atoms with van der Waals surface area (Å²) in [5.41, 5.74) is 2.24. The normalized spacial score (nSPS) is 13.7. The van der Waals surface area contributed by atoms with Crippen molar-refractivity contribution >= 4 is 17.5 Å². The molecule has 76 valence electrons. The summed E-state index contributed by atoms with van der Waals surface area (Å²) in [6.45, 7) is 5.81. The van der Waals surface area contributed by atoms with Gasteiger partial charge in [-0.3, -0.25) is 0 Å². The maximum absolute atomic E-state index is 11.4. The predicted octanol–water partition coefficient (Wildman–Crippen LogP) is 2.42. The van der Waals surface area contributed by atoms with Gasteiger partial charge in [0, 0.05) is 0 Å². The van der Waals surface area contributed by atoms with Crippen LogP contribution in [-0.2, 0) is 4.74 Å². The molecule has 0 bridgehead atoms. The van der Waals surface area contributed by atoms with Crippen molar-refractivity contribution in [3.05, 3.63) is 41.5 Å². The lowest BCUT2D eigenvalue weighted by Gasteiger charge is -2.05. The van der Waals surface area contributed by atoms with Gasteiger partial charge in [0.15, 0.2) is 0 Å². The zero-order valence-corrected chi connectivity index (χ0v) is 8.37. The third kappa shape index (κ3) is 1.36. The van der Waals surface area contributed by atoms with Gasteiger partial charge in [0.1, 0.15) is 0 Å². The molecular weight excluding hydrogens is 192 g/mol. The minimum atomic E-state index is -0.569. The summed E-state index contributed by atoms with van der Waals surface area (Å²) in [6, 6.07) is 5.11. The molecule has 2 rings (SSSR count). The zero-order chi connectivity index (χ0) is 11.0. The molecule has 0 saturated heterocycles. The monoisotopic (exact) mass is 202 g/mol. The summed E-state index contributed by atoms with van der Waals surface area (Å²) >= 11 is 0. The molecule has 0 saturated carbocycles. The number of ether oxygens (including phenoxy) is 1. The highest BCUT2D eigenvalue weighted by Crippen LogP contribution is 2.28. The number of cyclic esters (lactones) is 2. The lowest BCUT2D eigenvalue weighted by atomic mass is 9.96. The molecular formula is C12H10O3. The van der Waals surface area contributed by atoms with E-state index in [2.05, 4.69) is 11.3 Å². The molecule has 3 heteroatoms. The van der Waals surface area contributed by atoms with Crippen LogP contribution in [0.1, 0.15) is 39.6 Å². The summed E-state index contributed by atoms with van der Waals surface area (Å²) in [4.78, 5) is 22.7. The lowest BCUT2D eigenvalue weighted by molar-refractivity contribution is 0.0443. The number of allylic oxidation sites excluding steroid dienone is 1. The molecule has 1 heterocycles. The van der Waals surface area contributed by atoms with E-state index in [9.17, 15) is 9.59 Å². The van der Waals surface area contributed by atoms with E-state index in [1.165, 1.54) is 0 Å². The summed E-state index contributed by atoms with van der Waals surface area (Å²) < 4.78 is 4.55. The van der Waals surface area contributed by atoms with Gasteiger partial charge in [-0.05, 0) is 23.6 Å². The van der Waals surface area contributed by atoms with Gasteiger partial charge in [0.2, 0.25) is 0 Å². The average Bonchev–Trinajstić information content (AvgIpc) is 2.54. The number of hydrogen-bond acceptors (Lipinski definition) is 3. The Hall–Kier alpha value is -1.90. The molecule has 1 aliphatic rings. The molecule has 1 aromatic rings. The van der Waals surface area contributed by atoms with Crippen molar-refractivity contribution in [2.45, 2.75) is 13.3 Å². The quantitative estimate of drug-likeness (QED) is 0.546. The second-order valence-corrected chi connectivity index (χ2v) is 3.36.